The van der Waals surface area contributed by atoms with Crippen LogP contribution in [0.1, 0.15) is 25.3 Å². The maximum absolute atomic E-state index is 9.18. The summed E-state index contributed by atoms with van der Waals surface area (Å²) in [6.45, 7) is 4.23. The van der Waals surface area contributed by atoms with Crippen molar-refractivity contribution in [3.63, 3.8) is 0 Å². The first kappa shape index (κ1) is 8.04. The average Bonchev–Trinajstić information content (AvgIpc) is 2.47. The molecular formula is C9H11N3O. The molecular weight excluding hydrogens is 166 g/mol. The number of hydrogen-bond acceptors (Lipinski definition) is 3. The van der Waals surface area contributed by atoms with Crippen molar-refractivity contribution in [2.45, 2.75) is 19.8 Å². The van der Waals surface area contributed by atoms with Gasteiger partial charge in [-0.3, -0.25) is 0 Å². The largest absolute Gasteiger partial charge is 0.410 e. The van der Waals surface area contributed by atoms with Crippen molar-refractivity contribution in [2.75, 3.05) is 0 Å². The SMILES string of the molecule is CC(C)c1ccc2c(c1)nnn2O. The topological polar surface area (TPSA) is 50.9 Å². The van der Waals surface area contributed by atoms with Crippen molar-refractivity contribution < 1.29 is 5.21 Å². The Kier molecular flexibility index (Phi) is 1.69. The molecule has 0 radical (unpaired) electrons. The van der Waals surface area contributed by atoms with Crippen LogP contribution >= 0.6 is 0 Å². The summed E-state index contributed by atoms with van der Waals surface area (Å²) in [6, 6.07) is 5.74. The summed E-state index contributed by atoms with van der Waals surface area (Å²) in [6.07, 6.45) is 0. The van der Waals surface area contributed by atoms with Gasteiger partial charge in [0.05, 0.1) is 0 Å². The van der Waals surface area contributed by atoms with E-state index in [1.165, 1.54) is 5.56 Å². The molecule has 1 aromatic carbocycles. The zero-order valence-corrected chi connectivity index (χ0v) is 7.60. The van der Waals surface area contributed by atoms with Crippen molar-refractivity contribution >= 4 is 11.0 Å². The number of hydrogen-bond donors (Lipinski definition) is 1. The first-order valence-corrected chi connectivity index (χ1v) is 4.23. The maximum Gasteiger partial charge on any atom is 0.130 e. The van der Waals surface area contributed by atoms with E-state index in [9.17, 15) is 5.21 Å². The molecule has 0 saturated carbocycles. The van der Waals surface area contributed by atoms with Gasteiger partial charge in [0.15, 0.2) is 0 Å². The van der Waals surface area contributed by atoms with E-state index in [1.807, 2.05) is 18.2 Å². The van der Waals surface area contributed by atoms with Gasteiger partial charge in [-0.1, -0.05) is 24.8 Å². The van der Waals surface area contributed by atoms with Crippen molar-refractivity contribution in [1.29, 1.82) is 0 Å². The summed E-state index contributed by atoms with van der Waals surface area (Å²) in [7, 11) is 0. The number of benzene rings is 1. The van der Waals surface area contributed by atoms with Gasteiger partial charge in [-0.05, 0) is 28.8 Å². The van der Waals surface area contributed by atoms with E-state index in [-0.39, 0.29) is 0 Å². The van der Waals surface area contributed by atoms with Gasteiger partial charge in [-0.15, -0.1) is 5.10 Å². The number of nitrogens with zero attached hydrogens (tertiary/aromatic N) is 3. The minimum absolute atomic E-state index is 0.466. The zero-order chi connectivity index (χ0) is 9.42. The highest BCUT2D eigenvalue weighted by Gasteiger charge is 2.05. The Balaban J connectivity index is 2.63. The third kappa shape index (κ3) is 1.24. The molecule has 0 fully saturated rings. The van der Waals surface area contributed by atoms with Gasteiger partial charge in [0.25, 0.3) is 0 Å². The van der Waals surface area contributed by atoms with Crippen molar-refractivity contribution in [1.82, 2.24) is 15.2 Å². The summed E-state index contributed by atoms with van der Waals surface area (Å²) < 4.78 is 0. The Labute approximate surface area is 75.8 Å². The van der Waals surface area contributed by atoms with Gasteiger partial charge in [-0.2, -0.15) is 0 Å². The van der Waals surface area contributed by atoms with Crippen LogP contribution in [0.2, 0.25) is 0 Å². The van der Waals surface area contributed by atoms with E-state index in [0.29, 0.717) is 11.4 Å². The van der Waals surface area contributed by atoms with Crippen LogP contribution in [-0.4, -0.2) is 20.4 Å². The molecule has 0 bridgehead atoms. The van der Waals surface area contributed by atoms with Gasteiger partial charge in [-0.25, -0.2) is 0 Å². The monoisotopic (exact) mass is 177 g/mol. The fraction of sp³-hybridized carbons (Fsp3) is 0.333. The van der Waals surface area contributed by atoms with Crippen LogP contribution in [0.25, 0.3) is 11.0 Å². The van der Waals surface area contributed by atoms with Gasteiger partial charge in [0, 0.05) is 0 Å². The van der Waals surface area contributed by atoms with Crippen LogP contribution in [0.3, 0.4) is 0 Å². The molecule has 4 heteroatoms. The van der Waals surface area contributed by atoms with E-state index >= 15 is 0 Å². The maximum atomic E-state index is 9.18. The Hall–Kier alpha value is -1.58. The summed E-state index contributed by atoms with van der Waals surface area (Å²) in [5.41, 5.74) is 2.58. The Bertz CT molecular complexity index is 433. The van der Waals surface area contributed by atoms with E-state index < -0.39 is 0 Å². The second kappa shape index (κ2) is 2.73. The fourth-order valence-electron chi connectivity index (χ4n) is 1.29. The predicted molar refractivity (Wildman–Crippen MR) is 48.8 cm³/mol. The van der Waals surface area contributed by atoms with Crippen LogP contribution in [0.5, 0.6) is 0 Å². The summed E-state index contributed by atoms with van der Waals surface area (Å²) in [4.78, 5) is 0.791. The van der Waals surface area contributed by atoms with E-state index in [1.54, 1.807) is 0 Å². The number of rotatable bonds is 1. The van der Waals surface area contributed by atoms with Crippen molar-refractivity contribution in [3.05, 3.63) is 23.8 Å². The molecule has 0 saturated heterocycles. The Morgan fingerprint density at radius 1 is 1.38 bits per heavy atom. The lowest BCUT2D eigenvalue weighted by Crippen LogP contribution is -1.91. The molecule has 13 heavy (non-hydrogen) atoms. The quantitative estimate of drug-likeness (QED) is 0.675. The Morgan fingerprint density at radius 2 is 2.15 bits per heavy atom. The van der Waals surface area contributed by atoms with Crippen molar-refractivity contribution in [3.8, 4) is 0 Å². The molecule has 0 spiro atoms. The summed E-state index contributed by atoms with van der Waals surface area (Å²) >= 11 is 0. The lowest BCUT2D eigenvalue weighted by Gasteiger charge is -2.03. The first-order valence-electron chi connectivity index (χ1n) is 4.23. The summed E-state index contributed by atoms with van der Waals surface area (Å²) in [5, 5.41) is 16.5. The molecule has 4 nitrogen and oxygen atoms in total. The highest BCUT2D eigenvalue weighted by molar-refractivity contribution is 5.74. The first-order chi connectivity index (χ1) is 6.18. The molecule has 2 aromatic rings. The predicted octanol–water partition coefficient (Wildman–Crippen LogP) is 1.79. The van der Waals surface area contributed by atoms with Crippen LogP contribution in [0.15, 0.2) is 18.2 Å². The zero-order valence-electron chi connectivity index (χ0n) is 7.60. The minimum Gasteiger partial charge on any atom is -0.410 e. The molecule has 0 amide bonds. The number of fused-ring (bicyclic) bond motifs is 1. The third-order valence-corrected chi connectivity index (χ3v) is 2.12. The van der Waals surface area contributed by atoms with Crippen LogP contribution in [0.4, 0.5) is 0 Å². The highest BCUT2D eigenvalue weighted by atomic mass is 16.5. The summed E-state index contributed by atoms with van der Waals surface area (Å²) in [5.74, 6) is 0.466. The fourth-order valence-corrected chi connectivity index (χ4v) is 1.29. The van der Waals surface area contributed by atoms with Crippen LogP contribution in [0, 0.1) is 0 Å². The Morgan fingerprint density at radius 3 is 2.85 bits per heavy atom. The second-order valence-electron chi connectivity index (χ2n) is 3.38. The lowest BCUT2D eigenvalue weighted by molar-refractivity contribution is 0.155. The molecule has 1 heterocycles. The standard InChI is InChI=1S/C9H11N3O/c1-6(2)7-3-4-9-8(5-7)10-11-12(9)13/h3-6,13H,1-2H3. The number of aromatic nitrogens is 3. The highest BCUT2D eigenvalue weighted by Crippen LogP contribution is 2.18. The molecule has 1 aromatic heterocycles. The third-order valence-electron chi connectivity index (χ3n) is 2.12. The van der Waals surface area contributed by atoms with Crippen molar-refractivity contribution in [2.24, 2.45) is 0 Å². The van der Waals surface area contributed by atoms with Gasteiger partial charge >= 0.3 is 0 Å². The van der Waals surface area contributed by atoms with E-state index in [4.69, 9.17) is 0 Å². The van der Waals surface area contributed by atoms with Gasteiger partial charge < -0.3 is 5.21 Å². The van der Waals surface area contributed by atoms with Gasteiger partial charge in [0.1, 0.15) is 11.0 Å². The smallest absolute Gasteiger partial charge is 0.130 e. The minimum atomic E-state index is 0.466. The molecule has 2 rings (SSSR count). The molecule has 1 N–H and O–H groups in total. The molecule has 68 valence electrons. The second-order valence-corrected chi connectivity index (χ2v) is 3.38. The molecule has 0 aliphatic heterocycles. The van der Waals surface area contributed by atoms with E-state index in [0.717, 1.165) is 10.4 Å². The van der Waals surface area contributed by atoms with E-state index in [2.05, 4.69) is 24.2 Å². The average molecular weight is 177 g/mol. The van der Waals surface area contributed by atoms with Crippen LogP contribution < -0.4 is 0 Å². The normalized spacial score (nSPS) is 11.3. The molecule has 0 aliphatic carbocycles. The molecule has 0 atom stereocenters. The van der Waals surface area contributed by atoms with Crippen LogP contribution in [-0.2, 0) is 0 Å². The van der Waals surface area contributed by atoms with Gasteiger partial charge in [0.2, 0.25) is 0 Å². The molecule has 0 aliphatic rings. The molecule has 0 unspecified atom stereocenters. The lowest BCUT2D eigenvalue weighted by atomic mass is 10.0.